The molecule has 1 spiro atoms. The third kappa shape index (κ3) is 6.46. The van der Waals surface area contributed by atoms with Crippen molar-refractivity contribution >= 4 is 11.8 Å². The number of primary amides is 1. The minimum atomic E-state index is -1.07. The van der Waals surface area contributed by atoms with Crippen molar-refractivity contribution in [2.45, 2.75) is 83.1 Å². The van der Waals surface area contributed by atoms with E-state index in [1.165, 1.54) is 6.92 Å². The van der Waals surface area contributed by atoms with Crippen molar-refractivity contribution in [3.05, 3.63) is 29.3 Å². The van der Waals surface area contributed by atoms with E-state index < -0.39 is 11.5 Å². The van der Waals surface area contributed by atoms with Crippen LogP contribution in [-0.4, -0.2) is 65.4 Å². The van der Waals surface area contributed by atoms with E-state index in [2.05, 4.69) is 43.1 Å². The molecule has 2 heterocycles. The smallest absolute Gasteiger partial charge is 0.255 e. The van der Waals surface area contributed by atoms with Gasteiger partial charge in [-0.15, -0.1) is 0 Å². The van der Waals surface area contributed by atoms with Crippen molar-refractivity contribution in [3.8, 4) is 5.75 Å². The number of nitrogens with one attached hydrogen (secondary N) is 1. The topological polar surface area (TPSA) is 114 Å². The Kier molecular flexibility index (Phi) is 7.41. The number of nitrogens with zero attached hydrogens (tertiary/aromatic N) is 1. The second kappa shape index (κ2) is 9.60. The van der Waals surface area contributed by atoms with Crippen LogP contribution in [0.1, 0.15) is 65.0 Å². The molecule has 4 N–H and O–H groups in total. The fraction of sp³-hybridized carbons (Fsp3) is 0.680. The molecule has 184 valence electrons. The molecule has 0 bridgehead atoms. The lowest BCUT2D eigenvalue weighted by atomic mass is 9.77. The average molecular weight is 462 g/mol. The first kappa shape index (κ1) is 25.5. The zero-order chi connectivity index (χ0) is 24.4. The van der Waals surface area contributed by atoms with Crippen molar-refractivity contribution in [1.29, 1.82) is 0 Å². The zero-order valence-electron chi connectivity index (χ0n) is 20.6. The number of ether oxygens (including phenoxy) is 2. The van der Waals surface area contributed by atoms with Crippen LogP contribution in [0, 0.1) is 0 Å². The van der Waals surface area contributed by atoms with Gasteiger partial charge in [-0.3, -0.25) is 14.5 Å². The lowest BCUT2D eigenvalue weighted by Gasteiger charge is -2.50. The molecule has 0 radical (unpaired) electrons. The van der Waals surface area contributed by atoms with E-state index in [0.717, 1.165) is 37.1 Å². The van der Waals surface area contributed by atoms with Crippen LogP contribution in [0.5, 0.6) is 5.75 Å². The molecule has 2 atom stereocenters. The summed E-state index contributed by atoms with van der Waals surface area (Å²) < 4.78 is 11.9. The molecule has 0 aromatic heterocycles. The van der Waals surface area contributed by atoms with Crippen LogP contribution in [0.25, 0.3) is 0 Å². The van der Waals surface area contributed by atoms with Gasteiger partial charge in [0.1, 0.15) is 11.4 Å². The number of piperidine rings is 1. The summed E-state index contributed by atoms with van der Waals surface area (Å²) in [7, 11) is 0. The van der Waals surface area contributed by atoms with Crippen molar-refractivity contribution in [3.63, 3.8) is 0 Å². The van der Waals surface area contributed by atoms with E-state index in [4.69, 9.17) is 15.2 Å². The Bertz CT molecular complexity index is 869. The third-order valence-corrected chi connectivity index (χ3v) is 6.84. The molecule has 8 heteroatoms. The third-order valence-electron chi connectivity index (χ3n) is 6.84. The normalized spacial score (nSPS) is 25.6. The van der Waals surface area contributed by atoms with Gasteiger partial charge >= 0.3 is 0 Å². The van der Waals surface area contributed by atoms with Crippen molar-refractivity contribution in [1.82, 2.24) is 10.2 Å². The highest BCUT2D eigenvalue weighted by molar-refractivity contribution is 5.75. The molecule has 2 amide bonds. The molecular weight excluding hydrogens is 422 g/mol. The molecule has 0 unspecified atom stereocenters. The maximum atomic E-state index is 11.6. The Morgan fingerprint density at radius 3 is 2.55 bits per heavy atom. The summed E-state index contributed by atoms with van der Waals surface area (Å²) in [4.78, 5) is 25.3. The minimum absolute atomic E-state index is 0.0369. The number of rotatable bonds is 6. The van der Waals surface area contributed by atoms with Gasteiger partial charge in [0.2, 0.25) is 5.91 Å². The molecule has 0 aliphatic carbocycles. The second-order valence-corrected chi connectivity index (χ2v) is 10.9. The van der Waals surface area contributed by atoms with Gasteiger partial charge in [0.15, 0.2) is 6.61 Å². The molecule has 33 heavy (non-hydrogen) atoms. The fourth-order valence-corrected chi connectivity index (χ4v) is 4.65. The second-order valence-electron chi connectivity index (χ2n) is 10.9. The molecule has 1 aromatic rings. The Labute approximate surface area is 196 Å². The first-order valence-electron chi connectivity index (χ1n) is 11.7. The fourth-order valence-electron chi connectivity index (χ4n) is 4.65. The summed E-state index contributed by atoms with van der Waals surface area (Å²) in [6.45, 7) is 12.0. The Morgan fingerprint density at radius 1 is 1.30 bits per heavy atom. The van der Waals surface area contributed by atoms with Crippen LogP contribution in [0.15, 0.2) is 18.2 Å². The quantitative estimate of drug-likeness (QED) is 0.596. The van der Waals surface area contributed by atoms with Crippen LogP contribution in [0.3, 0.4) is 0 Å². The van der Waals surface area contributed by atoms with Crippen molar-refractivity contribution in [2.24, 2.45) is 5.73 Å². The summed E-state index contributed by atoms with van der Waals surface area (Å²) in [5, 5.41) is 13.6. The van der Waals surface area contributed by atoms with Gasteiger partial charge in [-0.05, 0) is 43.2 Å². The number of aliphatic hydroxyl groups is 1. The summed E-state index contributed by atoms with van der Waals surface area (Å²) in [5.41, 5.74) is 6.01. The number of hydrogen-bond donors (Lipinski definition) is 3. The number of amides is 2. The maximum Gasteiger partial charge on any atom is 0.255 e. The first-order valence-corrected chi connectivity index (χ1v) is 11.7. The summed E-state index contributed by atoms with van der Waals surface area (Å²) >= 11 is 0. The summed E-state index contributed by atoms with van der Waals surface area (Å²) in [5.74, 6) is 0.0511. The van der Waals surface area contributed by atoms with Crippen LogP contribution in [0.2, 0.25) is 0 Å². The monoisotopic (exact) mass is 461 g/mol. The molecule has 2 aliphatic rings. The number of benzene rings is 1. The van der Waals surface area contributed by atoms with E-state index in [9.17, 15) is 14.7 Å². The summed E-state index contributed by atoms with van der Waals surface area (Å²) in [6, 6.07) is 5.87. The molecule has 8 nitrogen and oxygen atoms in total. The van der Waals surface area contributed by atoms with Gasteiger partial charge in [-0.1, -0.05) is 32.9 Å². The predicted molar refractivity (Wildman–Crippen MR) is 126 cm³/mol. The molecule has 1 aromatic carbocycles. The number of likely N-dealkylation sites (tertiary alicyclic amines) is 1. The van der Waals surface area contributed by atoms with Crippen LogP contribution >= 0.6 is 0 Å². The number of hydrogen-bond acceptors (Lipinski definition) is 6. The van der Waals surface area contributed by atoms with Crippen LogP contribution in [-0.2, 0) is 26.3 Å². The van der Waals surface area contributed by atoms with Gasteiger partial charge in [0, 0.05) is 32.1 Å². The SMILES string of the molecule is CC(=O)N[C@H]1CC2(CCN(Cc3ccc(C(C)(C)C)cc3OCC(N)=O)CC2)OC[C@]1(C)O. The predicted octanol–water partition coefficient (Wildman–Crippen LogP) is 1.86. The Hall–Kier alpha value is -2.16. The van der Waals surface area contributed by atoms with Crippen LogP contribution in [0.4, 0.5) is 0 Å². The number of carbonyl (C=O) groups excluding carboxylic acids is 2. The van der Waals surface area contributed by atoms with E-state index in [1.54, 1.807) is 6.92 Å². The lowest BCUT2D eigenvalue weighted by molar-refractivity contribution is -0.193. The highest BCUT2D eigenvalue weighted by Crippen LogP contribution is 2.39. The number of carbonyl (C=O) groups is 2. The van der Waals surface area contributed by atoms with E-state index in [-0.39, 0.29) is 36.2 Å². The van der Waals surface area contributed by atoms with E-state index in [0.29, 0.717) is 18.7 Å². The average Bonchev–Trinajstić information content (AvgIpc) is 2.71. The molecular formula is C25H39N3O5. The first-order chi connectivity index (χ1) is 15.3. The minimum Gasteiger partial charge on any atom is -0.483 e. The standard InChI is InChI=1S/C25H39N3O5/c1-17(29)27-21-13-25(33-16-24(21,5)31)8-10-28(11-9-25)14-18-6-7-19(23(2,3)4)12-20(18)32-15-22(26)30/h6-7,12,21,31H,8-11,13-16H2,1-5H3,(H2,26,30)(H,27,29)/t21-,24-/m0/s1. The van der Waals surface area contributed by atoms with Gasteiger partial charge in [-0.25, -0.2) is 0 Å². The number of nitrogens with two attached hydrogens (primary N) is 1. The van der Waals surface area contributed by atoms with Crippen molar-refractivity contribution in [2.75, 3.05) is 26.3 Å². The Morgan fingerprint density at radius 2 is 1.97 bits per heavy atom. The van der Waals surface area contributed by atoms with Crippen molar-refractivity contribution < 1.29 is 24.2 Å². The van der Waals surface area contributed by atoms with Gasteiger partial charge < -0.3 is 25.6 Å². The van der Waals surface area contributed by atoms with Gasteiger partial charge in [-0.2, -0.15) is 0 Å². The van der Waals surface area contributed by atoms with Crippen LogP contribution < -0.4 is 15.8 Å². The lowest BCUT2D eigenvalue weighted by Crippen LogP contribution is -2.63. The summed E-state index contributed by atoms with van der Waals surface area (Å²) in [6.07, 6.45) is 2.23. The highest BCUT2D eigenvalue weighted by Gasteiger charge is 2.48. The van der Waals surface area contributed by atoms with E-state index >= 15 is 0 Å². The van der Waals surface area contributed by atoms with E-state index in [1.807, 2.05) is 6.07 Å². The maximum absolute atomic E-state index is 11.6. The molecule has 2 aliphatic heterocycles. The molecule has 0 saturated carbocycles. The molecule has 2 fully saturated rings. The zero-order valence-corrected chi connectivity index (χ0v) is 20.6. The molecule has 3 rings (SSSR count). The highest BCUT2D eigenvalue weighted by atomic mass is 16.5. The largest absolute Gasteiger partial charge is 0.483 e. The van der Waals surface area contributed by atoms with Gasteiger partial charge in [0.25, 0.3) is 5.91 Å². The molecule has 2 saturated heterocycles. The van der Waals surface area contributed by atoms with Gasteiger partial charge in [0.05, 0.1) is 18.2 Å². The Balaban J connectivity index is 1.68.